The first-order valence-electron chi connectivity index (χ1n) is 7.26. The van der Waals surface area contributed by atoms with E-state index in [2.05, 4.69) is 34.9 Å². The third-order valence-electron chi connectivity index (χ3n) is 3.58. The fraction of sp³-hybridized carbons (Fsp3) is 0.438. The minimum absolute atomic E-state index is 0.0948. The zero-order valence-corrected chi connectivity index (χ0v) is 14.4. The number of rotatable bonds is 6. The highest BCUT2D eigenvalue weighted by Crippen LogP contribution is 2.24. The summed E-state index contributed by atoms with van der Waals surface area (Å²) in [6, 6.07) is 8.09. The number of nitrogens with zero attached hydrogens (tertiary/aromatic N) is 2. The summed E-state index contributed by atoms with van der Waals surface area (Å²) < 4.78 is 8.85. The fourth-order valence-electron chi connectivity index (χ4n) is 2.21. The van der Waals surface area contributed by atoms with Gasteiger partial charge in [0.15, 0.2) is 0 Å². The van der Waals surface area contributed by atoms with Crippen LogP contribution >= 0.6 is 15.9 Å². The predicted molar refractivity (Wildman–Crippen MR) is 88.3 cm³/mol. The lowest BCUT2D eigenvalue weighted by Crippen LogP contribution is -2.09. The van der Waals surface area contributed by atoms with E-state index in [1.807, 2.05) is 35.9 Å². The van der Waals surface area contributed by atoms with E-state index in [0.717, 1.165) is 40.1 Å². The minimum Gasteiger partial charge on any atom is -0.487 e. The summed E-state index contributed by atoms with van der Waals surface area (Å²) >= 11 is 3.58. The zero-order chi connectivity index (χ0) is 15.4. The van der Waals surface area contributed by atoms with Crippen LogP contribution in [0.4, 0.5) is 0 Å². The predicted octanol–water partition coefficient (Wildman–Crippen LogP) is 3.96. The molecule has 0 saturated carbocycles. The Bertz CT molecular complexity index is 592. The number of halogens is 1. The number of hydrogen-bond donors (Lipinski definition) is 1. The number of hydrogen-bond acceptors (Lipinski definition) is 3. The molecule has 21 heavy (non-hydrogen) atoms. The van der Waals surface area contributed by atoms with Crippen molar-refractivity contribution in [1.29, 1.82) is 0 Å². The first-order valence-corrected chi connectivity index (χ1v) is 8.06. The molecule has 1 aromatic carbocycles. The van der Waals surface area contributed by atoms with Gasteiger partial charge in [0.25, 0.3) is 0 Å². The molecule has 2 rings (SSSR count). The van der Waals surface area contributed by atoms with Gasteiger partial charge in [-0.05, 0) is 53.9 Å². The Morgan fingerprint density at radius 2 is 1.95 bits per heavy atom. The number of ether oxygens (including phenoxy) is 1. The van der Waals surface area contributed by atoms with Gasteiger partial charge in [-0.1, -0.05) is 19.1 Å². The second-order valence-corrected chi connectivity index (χ2v) is 5.83. The van der Waals surface area contributed by atoms with Crippen LogP contribution in [0.25, 0.3) is 0 Å². The lowest BCUT2D eigenvalue weighted by atomic mass is 10.1. The second-order valence-electron chi connectivity index (χ2n) is 5.03. The van der Waals surface area contributed by atoms with Gasteiger partial charge in [0.1, 0.15) is 12.4 Å². The number of aromatic nitrogens is 2. The van der Waals surface area contributed by atoms with E-state index in [-0.39, 0.29) is 6.04 Å². The molecule has 0 aliphatic heterocycles. The van der Waals surface area contributed by atoms with Crippen molar-refractivity contribution in [3.8, 4) is 5.75 Å². The van der Waals surface area contributed by atoms with Gasteiger partial charge in [0, 0.05) is 12.6 Å². The summed E-state index contributed by atoms with van der Waals surface area (Å²) in [5.41, 5.74) is 9.20. The molecule has 0 bridgehead atoms. The van der Waals surface area contributed by atoms with Gasteiger partial charge >= 0.3 is 0 Å². The quantitative estimate of drug-likeness (QED) is 0.856. The summed E-state index contributed by atoms with van der Waals surface area (Å²) in [6.45, 7) is 7.47. The van der Waals surface area contributed by atoms with Gasteiger partial charge < -0.3 is 10.5 Å². The first kappa shape index (κ1) is 16.0. The summed E-state index contributed by atoms with van der Waals surface area (Å²) in [5.74, 6) is 0.843. The van der Waals surface area contributed by atoms with E-state index >= 15 is 0 Å². The molecule has 0 amide bonds. The summed E-state index contributed by atoms with van der Waals surface area (Å²) in [5, 5.41) is 4.46. The maximum Gasteiger partial charge on any atom is 0.131 e. The minimum atomic E-state index is 0.0948. The molecular weight excluding hydrogens is 330 g/mol. The van der Waals surface area contributed by atoms with Crippen LogP contribution < -0.4 is 10.5 Å². The van der Waals surface area contributed by atoms with Crippen molar-refractivity contribution in [3.05, 3.63) is 45.7 Å². The molecule has 0 saturated heterocycles. The molecule has 2 N–H and O–H groups in total. The molecule has 1 aromatic heterocycles. The maximum absolute atomic E-state index is 6.01. The van der Waals surface area contributed by atoms with Gasteiger partial charge in [-0.3, -0.25) is 4.68 Å². The fourth-order valence-corrected chi connectivity index (χ4v) is 2.60. The van der Waals surface area contributed by atoms with Gasteiger partial charge in [0.2, 0.25) is 0 Å². The molecule has 0 fully saturated rings. The average Bonchev–Trinajstić information content (AvgIpc) is 2.79. The number of benzene rings is 1. The smallest absolute Gasteiger partial charge is 0.131 e. The first-order chi connectivity index (χ1) is 10.1. The van der Waals surface area contributed by atoms with Crippen LogP contribution in [-0.4, -0.2) is 9.78 Å². The van der Waals surface area contributed by atoms with Crippen LogP contribution in [0.2, 0.25) is 0 Å². The Morgan fingerprint density at radius 3 is 2.52 bits per heavy atom. The highest BCUT2D eigenvalue weighted by Gasteiger charge is 2.12. The van der Waals surface area contributed by atoms with Crippen molar-refractivity contribution in [2.75, 3.05) is 0 Å². The molecule has 0 radical (unpaired) electrons. The van der Waals surface area contributed by atoms with Crippen LogP contribution in [0.1, 0.15) is 43.3 Å². The lowest BCUT2D eigenvalue weighted by molar-refractivity contribution is 0.291. The maximum atomic E-state index is 6.01. The van der Waals surface area contributed by atoms with Crippen molar-refractivity contribution in [3.63, 3.8) is 0 Å². The van der Waals surface area contributed by atoms with E-state index in [1.54, 1.807) is 0 Å². The summed E-state index contributed by atoms with van der Waals surface area (Å²) in [6.07, 6.45) is 0.933. The van der Waals surface area contributed by atoms with Gasteiger partial charge in [0.05, 0.1) is 15.9 Å². The van der Waals surface area contributed by atoms with Crippen LogP contribution in [0.3, 0.4) is 0 Å². The normalized spacial score (nSPS) is 12.4. The molecule has 0 unspecified atom stereocenters. The lowest BCUT2D eigenvalue weighted by Gasteiger charge is -2.11. The van der Waals surface area contributed by atoms with E-state index in [4.69, 9.17) is 10.5 Å². The van der Waals surface area contributed by atoms with E-state index in [0.29, 0.717) is 6.61 Å². The molecule has 1 atom stereocenters. The van der Waals surface area contributed by atoms with Crippen LogP contribution in [0.5, 0.6) is 5.75 Å². The number of nitrogens with two attached hydrogens (primary N) is 1. The average molecular weight is 352 g/mol. The van der Waals surface area contributed by atoms with Crippen molar-refractivity contribution in [2.45, 2.75) is 46.4 Å². The molecule has 0 spiro atoms. The van der Waals surface area contributed by atoms with Crippen molar-refractivity contribution >= 4 is 15.9 Å². The molecule has 2 aromatic rings. The highest BCUT2D eigenvalue weighted by atomic mass is 79.9. The monoisotopic (exact) mass is 351 g/mol. The Kier molecular flexibility index (Phi) is 5.42. The zero-order valence-electron chi connectivity index (χ0n) is 12.8. The van der Waals surface area contributed by atoms with Crippen LogP contribution in [0, 0.1) is 6.92 Å². The molecule has 1 heterocycles. The third kappa shape index (κ3) is 3.66. The van der Waals surface area contributed by atoms with Crippen LogP contribution in [0.15, 0.2) is 28.7 Å². The van der Waals surface area contributed by atoms with Gasteiger partial charge in [-0.25, -0.2) is 0 Å². The van der Waals surface area contributed by atoms with Crippen LogP contribution in [-0.2, 0) is 13.2 Å². The van der Waals surface area contributed by atoms with E-state index in [1.165, 1.54) is 0 Å². The van der Waals surface area contributed by atoms with Crippen molar-refractivity contribution < 1.29 is 4.74 Å². The van der Waals surface area contributed by atoms with Crippen molar-refractivity contribution in [1.82, 2.24) is 9.78 Å². The molecule has 0 aliphatic carbocycles. The summed E-state index contributed by atoms with van der Waals surface area (Å²) in [7, 11) is 0. The second kappa shape index (κ2) is 7.09. The Morgan fingerprint density at radius 1 is 1.29 bits per heavy atom. The van der Waals surface area contributed by atoms with E-state index < -0.39 is 0 Å². The van der Waals surface area contributed by atoms with Gasteiger partial charge in [-0.2, -0.15) is 5.10 Å². The third-order valence-corrected chi connectivity index (χ3v) is 4.61. The standard InChI is InChI=1S/C16H22BrN3O/c1-4-14(18)12-6-8-13(9-7-12)21-10-15-16(17)11(3)19-20(15)5-2/h6-9,14H,4-5,10,18H2,1-3H3/t14-/m1/s1. The molecule has 4 nitrogen and oxygen atoms in total. The molecule has 114 valence electrons. The molecule has 5 heteroatoms. The largest absolute Gasteiger partial charge is 0.487 e. The molecular formula is C16H22BrN3O. The number of aryl methyl sites for hydroxylation is 2. The Labute approximate surface area is 134 Å². The molecule has 0 aliphatic rings. The van der Waals surface area contributed by atoms with Crippen molar-refractivity contribution in [2.24, 2.45) is 5.73 Å². The Balaban J connectivity index is 2.06. The topological polar surface area (TPSA) is 53.1 Å². The van der Waals surface area contributed by atoms with Gasteiger partial charge in [-0.15, -0.1) is 0 Å². The SMILES string of the molecule is CC[C@@H](N)c1ccc(OCc2c(Br)c(C)nn2CC)cc1. The Hall–Kier alpha value is -1.33. The summed E-state index contributed by atoms with van der Waals surface area (Å²) in [4.78, 5) is 0. The highest BCUT2D eigenvalue weighted by molar-refractivity contribution is 9.10. The van der Waals surface area contributed by atoms with E-state index in [9.17, 15) is 0 Å².